The molecule has 0 aromatic carbocycles. The highest BCUT2D eigenvalue weighted by Crippen LogP contribution is 2.23. The fourth-order valence-electron chi connectivity index (χ4n) is 10.5. The van der Waals surface area contributed by atoms with E-state index in [2.05, 4.69) is 104 Å². The number of hydrogen-bond acceptors (Lipinski definition) is 8. The number of carbonyl (C=O) groups excluding carboxylic acids is 1. The van der Waals surface area contributed by atoms with Crippen LogP contribution in [0, 0.1) is 0 Å². The predicted octanol–water partition coefficient (Wildman–Crippen LogP) is 18.1. The lowest BCUT2D eigenvalue weighted by atomic mass is 9.99. The lowest BCUT2D eigenvalue weighted by Crippen LogP contribution is -2.60. The Balaban J connectivity index is 2.16. The Morgan fingerprint density at radius 3 is 1.15 bits per heavy atom. The van der Waals surface area contributed by atoms with Gasteiger partial charge in [-0.15, -0.1) is 0 Å². The molecule has 1 heterocycles. The first-order valence-corrected chi connectivity index (χ1v) is 33.8. The minimum atomic E-state index is -1.56. The third-order valence-electron chi connectivity index (χ3n) is 15.8. The van der Waals surface area contributed by atoms with Crippen LogP contribution in [0.25, 0.3) is 0 Å². The monoisotopic (exact) mass is 1120 g/mol. The number of amides is 1. The van der Waals surface area contributed by atoms with Crippen molar-refractivity contribution in [3.8, 4) is 0 Å². The Labute approximate surface area is 492 Å². The zero-order chi connectivity index (χ0) is 57.9. The molecule has 0 radical (unpaired) electrons. The number of aliphatic hydroxyl groups excluding tert-OH is 5. The van der Waals surface area contributed by atoms with E-state index in [0.29, 0.717) is 12.8 Å². The van der Waals surface area contributed by atoms with Crippen molar-refractivity contribution in [2.45, 2.75) is 346 Å². The highest BCUT2D eigenvalue weighted by atomic mass is 16.7. The van der Waals surface area contributed by atoms with Crippen molar-refractivity contribution < 1.29 is 39.8 Å². The normalized spacial score (nSPS) is 19.0. The van der Waals surface area contributed by atoms with Gasteiger partial charge in [-0.25, -0.2) is 0 Å². The summed E-state index contributed by atoms with van der Waals surface area (Å²) >= 11 is 0. The molecule has 1 amide bonds. The van der Waals surface area contributed by atoms with Gasteiger partial charge in [0.25, 0.3) is 0 Å². The van der Waals surface area contributed by atoms with Gasteiger partial charge < -0.3 is 40.3 Å². The molecule has 464 valence electrons. The number of rotatable bonds is 58. The van der Waals surface area contributed by atoms with Crippen molar-refractivity contribution in [3.05, 3.63) is 85.1 Å². The van der Waals surface area contributed by atoms with Crippen LogP contribution in [-0.4, -0.2) is 87.5 Å². The zero-order valence-electron chi connectivity index (χ0n) is 51.8. The topological polar surface area (TPSA) is 149 Å². The summed E-state index contributed by atoms with van der Waals surface area (Å²) in [4.78, 5) is 13.1. The first-order chi connectivity index (χ1) is 39.3. The number of nitrogens with one attached hydrogen (secondary N) is 1. The van der Waals surface area contributed by atoms with Gasteiger partial charge in [-0.1, -0.05) is 311 Å². The Morgan fingerprint density at radius 1 is 0.438 bits per heavy atom. The summed E-state index contributed by atoms with van der Waals surface area (Å²) in [5.74, 6) is -0.155. The average molecular weight is 1120 g/mol. The largest absolute Gasteiger partial charge is 0.394 e. The second-order valence-electron chi connectivity index (χ2n) is 23.2. The molecule has 80 heavy (non-hydrogen) atoms. The van der Waals surface area contributed by atoms with Gasteiger partial charge in [0.2, 0.25) is 5.91 Å². The molecule has 0 aromatic heterocycles. The number of hydrogen-bond donors (Lipinski definition) is 6. The molecule has 0 saturated carbocycles. The highest BCUT2D eigenvalue weighted by molar-refractivity contribution is 5.76. The van der Waals surface area contributed by atoms with Gasteiger partial charge in [0.1, 0.15) is 24.4 Å². The lowest BCUT2D eigenvalue weighted by Gasteiger charge is -2.40. The van der Waals surface area contributed by atoms with Crippen LogP contribution >= 0.6 is 0 Å². The molecule has 1 fully saturated rings. The first kappa shape index (κ1) is 75.4. The molecule has 0 aliphatic carbocycles. The molecular weight excluding hydrogens is 995 g/mol. The minimum absolute atomic E-state index is 0.146. The molecule has 6 N–H and O–H groups in total. The van der Waals surface area contributed by atoms with Crippen LogP contribution in [-0.2, 0) is 14.3 Å². The van der Waals surface area contributed by atoms with Crippen molar-refractivity contribution >= 4 is 5.91 Å². The van der Waals surface area contributed by atoms with E-state index in [1.165, 1.54) is 180 Å². The van der Waals surface area contributed by atoms with Gasteiger partial charge >= 0.3 is 0 Å². The number of ether oxygens (including phenoxy) is 2. The quantitative estimate of drug-likeness (QED) is 0.0261. The summed E-state index contributed by atoms with van der Waals surface area (Å²) in [5.41, 5.74) is 0. The summed E-state index contributed by atoms with van der Waals surface area (Å²) in [7, 11) is 0. The van der Waals surface area contributed by atoms with Crippen molar-refractivity contribution in [2.75, 3.05) is 13.2 Å². The molecule has 9 nitrogen and oxygen atoms in total. The summed E-state index contributed by atoms with van der Waals surface area (Å²) in [6.07, 6.45) is 77.7. The molecule has 7 unspecified atom stereocenters. The molecule has 7 atom stereocenters. The smallest absolute Gasteiger partial charge is 0.220 e. The van der Waals surface area contributed by atoms with Crippen molar-refractivity contribution in [1.29, 1.82) is 0 Å². The van der Waals surface area contributed by atoms with Crippen LogP contribution < -0.4 is 5.32 Å². The van der Waals surface area contributed by atoms with E-state index in [0.717, 1.165) is 96.3 Å². The predicted molar refractivity (Wildman–Crippen MR) is 341 cm³/mol. The maximum absolute atomic E-state index is 13.1. The van der Waals surface area contributed by atoms with E-state index in [1.54, 1.807) is 0 Å². The van der Waals surface area contributed by atoms with Crippen molar-refractivity contribution in [1.82, 2.24) is 5.32 Å². The third kappa shape index (κ3) is 47.8. The van der Waals surface area contributed by atoms with Crippen LogP contribution in [0.1, 0.15) is 303 Å². The molecule has 0 bridgehead atoms. The molecule has 9 heteroatoms. The zero-order valence-corrected chi connectivity index (χ0v) is 51.8. The number of carbonyl (C=O) groups is 1. The van der Waals surface area contributed by atoms with Crippen LogP contribution in [0.15, 0.2) is 85.1 Å². The Hall–Kier alpha value is -2.63. The van der Waals surface area contributed by atoms with Crippen LogP contribution in [0.3, 0.4) is 0 Å². The molecule has 1 aliphatic rings. The SMILES string of the molecule is CC/C=C\C/C=C\C/C=C\C/C=C\C/C=C\C/C=C\C/C=C\CCCCCCCCCC(=O)NC(COC1OC(CO)C(O)C(O)C1O)C(O)CCCCCCCCCCCCCCCCCCCCCCCCCCCCCC. The van der Waals surface area contributed by atoms with Gasteiger partial charge in [-0.3, -0.25) is 4.79 Å². The van der Waals surface area contributed by atoms with E-state index >= 15 is 0 Å². The fourth-order valence-corrected chi connectivity index (χ4v) is 10.5. The van der Waals surface area contributed by atoms with E-state index in [4.69, 9.17) is 9.47 Å². The summed E-state index contributed by atoms with van der Waals surface area (Å²) in [6, 6.07) is -0.733. The maximum atomic E-state index is 13.1. The molecule has 1 rings (SSSR count). The van der Waals surface area contributed by atoms with Gasteiger partial charge in [0.15, 0.2) is 6.29 Å². The van der Waals surface area contributed by atoms with E-state index in [9.17, 15) is 30.3 Å². The average Bonchev–Trinajstić information content (AvgIpc) is 3.46. The first-order valence-electron chi connectivity index (χ1n) is 33.8. The molecule has 0 aromatic rings. The van der Waals surface area contributed by atoms with Gasteiger partial charge in [-0.05, 0) is 70.6 Å². The van der Waals surface area contributed by atoms with Gasteiger partial charge in [-0.2, -0.15) is 0 Å². The number of allylic oxidation sites excluding steroid dienone is 14. The van der Waals surface area contributed by atoms with E-state index < -0.39 is 49.5 Å². The minimum Gasteiger partial charge on any atom is -0.394 e. The second-order valence-corrected chi connectivity index (χ2v) is 23.2. The van der Waals surface area contributed by atoms with E-state index in [1.807, 2.05) is 0 Å². The molecular formula is C71H127NO8. The van der Waals surface area contributed by atoms with Crippen LogP contribution in [0.2, 0.25) is 0 Å². The van der Waals surface area contributed by atoms with Crippen molar-refractivity contribution in [3.63, 3.8) is 0 Å². The van der Waals surface area contributed by atoms with Crippen molar-refractivity contribution in [2.24, 2.45) is 0 Å². The van der Waals surface area contributed by atoms with Gasteiger partial charge in [0.05, 0.1) is 25.4 Å². The number of unbranched alkanes of at least 4 members (excludes halogenated alkanes) is 34. The second kappa shape index (κ2) is 59.5. The summed E-state index contributed by atoms with van der Waals surface area (Å²) in [6.45, 7) is 3.75. The maximum Gasteiger partial charge on any atom is 0.220 e. The fraction of sp³-hybridized carbons (Fsp3) is 0.789. The van der Waals surface area contributed by atoms with Crippen LogP contribution in [0.5, 0.6) is 0 Å². The highest BCUT2D eigenvalue weighted by Gasteiger charge is 2.44. The molecule has 1 aliphatic heterocycles. The lowest BCUT2D eigenvalue weighted by molar-refractivity contribution is -0.302. The Kier molecular flexibility index (Phi) is 56.1. The molecule has 0 spiro atoms. The third-order valence-corrected chi connectivity index (χ3v) is 15.8. The molecule has 1 saturated heterocycles. The van der Waals surface area contributed by atoms with Crippen LogP contribution in [0.4, 0.5) is 0 Å². The van der Waals surface area contributed by atoms with E-state index in [-0.39, 0.29) is 12.5 Å². The Morgan fingerprint density at radius 2 is 0.775 bits per heavy atom. The summed E-state index contributed by atoms with van der Waals surface area (Å²) < 4.78 is 11.4. The standard InChI is InChI=1S/C71H127NO8/c1-3-5-7-9-11-13-15-17-19-21-23-25-27-29-31-33-35-37-39-41-43-45-47-49-51-53-55-57-59-61-67(75)72-64(63-79-71-70(78)69(77)68(76)66(62-73)80-71)65(74)60-58-56-54-52-50-48-46-44-42-40-38-36-34-32-30-28-26-24-22-20-18-16-14-12-10-8-6-4-2/h5,7,11,13,17,19,23,25,29,31,35,37,41,43,64-66,68-71,73-74,76-78H,3-4,6,8-10,12,14-16,18,20-22,24,26-28,30,32-34,36,38-40,42,44-63H2,1-2H3,(H,72,75)/b7-5-,13-11-,19-17-,25-23-,31-29-,37-35-,43-41-. The summed E-state index contributed by atoms with van der Waals surface area (Å²) in [5, 5.41) is 54.9. The number of aliphatic hydroxyl groups is 5. The van der Waals surface area contributed by atoms with Gasteiger partial charge in [0, 0.05) is 6.42 Å². The Bertz CT molecular complexity index is 1540.